The molecule has 0 spiro atoms. The van der Waals surface area contributed by atoms with Crippen molar-refractivity contribution < 1.29 is 4.42 Å². The number of para-hydroxylation sites is 1. The molecule has 0 aliphatic heterocycles. The summed E-state index contributed by atoms with van der Waals surface area (Å²) in [4.78, 5) is 0. The third kappa shape index (κ3) is 3.15. The Bertz CT molecular complexity index is 2920. The maximum atomic E-state index is 6.62. The molecule has 0 radical (unpaired) electrons. The molecule has 8 aromatic carbocycles. The Balaban J connectivity index is 1.31. The molecule has 0 amide bonds. The highest BCUT2D eigenvalue weighted by atomic mass is 16.3. The molecule has 0 saturated heterocycles. The van der Waals surface area contributed by atoms with E-state index in [4.69, 9.17) is 4.42 Å². The van der Waals surface area contributed by atoms with Crippen molar-refractivity contribution in [3.05, 3.63) is 151 Å². The standard InChI is InChI=1S/C45H29NO/c1-45(2)35-18-8-6-14-28(35)32-24-33-29-15-7-9-19-37(29)46(39(33)25-36(32)45)38-20-10-16-30-34-22-27(26-12-4-3-5-13-26)23-41-44(34)43-31(42(30)38)17-11-21-40(43)47-41/h3-25H,1-2H3. The molecular weight excluding hydrogens is 571 g/mol. The van der Waals surface area contributed by atoms with E-state index in [0.717, 1.165) is 11.2 Å². The van der Waals surface area contributed by atoms with E-state index in [9.17, 15) is 0 Å². The summed E-state index contributed by atoms with van der Waals surface area (Å²) in [5.41, 5.74) is 13.3. The summed E-state index contributed by atoms with van der Waals surface area (Å²) in [5.74, 6) is 0. The molecule has 2 heteroatoms. The van der Waals surface area contributed by atoms with Crippen LogP contribution in [-0.4, -0.2) is 4.57 Å². The van der Waals surface area contributed by atoms with Crippen LogP contribution in [0.4, 0.5) is 0 Å². The average Bonchev–Trinajstić information content (AvgIpc) is 3.73. The van der Waals surface area contributed by atoms with Gasteiger partial charge < -0.3 is 8.98 Å². The Kier molecular flexibility index (Phi) is 4.68. The fraction of sp³-hybridized carbons (Fsp3) is 0.0667. The van der Waals surface area contributed by atoms with E-state index in [1.165, 1.54) is 93.2 Å². The number of hydrogen-bond acceptors (Lipinski definition) is 1. The van der Waals surface area contributed by atoms with Gasteiger partial charge in [0, 0.05) is 32.3 Å². The van der Waals surface area contributed by atoms with Crippen molar-refractivity contribution in [2.45, 2.75) is 19.3 Å². The Morgan fingerprint density at radius 3 is 2.11 bits per heavy atom. The minimum atomic E-state index is -0.0850. The molecular formula is C45H29NO. The molecule has 0 N–H and O–H groups in total. The first-order valence-electron chi connectivity index (χ1n) is 16.4. The van der Waals surface area contributed by atoms with Crippen LogP contribution in [-0.2, 0) is 5.41 Å². The Morgan fingerprint density at radius 2 is 1.19 bits per heavy atom. The summed E-state index contributed by atoms with van der Waals surface area (Å²) in [6, 6.07) is 51.3. The van der Waals surface area contributed by atoms with E-state index in [0.29, 0.717) is 0 Å². The van der Waals surface area contributed by atoms with Gasteiger partial charge in [0.15, 0.2) is 0 Å². The Morgan fingerprint density at radius 1 is 0.447 bits per heavy atom. The molecule has 11 rings (SSSR count). The molecule has 0 bridgehead atoms. The number of hydrogen-bond donors (Lipinski definition) is 0. The average molecular weight is 600 g/mol. The molecule has 0 saturated carbocycles. The van der Waals surface area contributed by atoms with Crippen LogP contribution >= 0.6 is 0 Å². The second-order valence-electron chi connectivity index (χ2n) is 13.7. The quantitative estimate of drug-likeness (QED) is 0.181. The van der Waals surface area contributed by atoms with E-state index in [1.54, 1.807) is 0 Å². The van der Waals surface area contributed by atoms with E-state index in [2.05, 4.69) is 158 Å². The van der Waals surface area contributed by atoms with Crippen molar-refractivity contribution in [1.29, 1.82) is 0 Å². The number of nitrogens with zero attached hydrogens (tertiary/aromatic N) is 1. The summed E-state index contributed by atoms with van der Waals surface area (Å²) in [6.07, 6.45) is 0. The van der Waals surface area contributed by atoms with Gasteiger partial charge in [-0.05, 0) is 92.0 Å². The van der Waals surface area contributed by atoms with Crippen LogP contribution < -0.4 is 0 Å². The van der Waals surface area contributed by atoms with Gasteiger partial charge in [-0.2, -0.15) is 0 Å². The van der Waals surface area contributed by atoms with Gasteiger partial charge in [0.2, 0.25) is 0 Å². The van der Waals surface area contributed by atoms with Gasteiger partial charge in [0.1, 0.15) is 11.2 Å². The summed E-state index contributed by atoms with van der Waals surface area (Å²) in [6.45, 7) is 4.74. The van der Waals surface area contributed by atoms with Gasteiger partial charge in [-0.15, -0.1) is 0 Å². The number of furan rings is 1. The molecule has 2 aromatic heterocycles. The Labute approximate surface area is 271 Å². The highest BCUT2D eigenvalue weighted by Crippen LogP contribution is 2.52. The smallest absolute Gasteiger partial charge is 0.136 e. The van der Waals surface area contributed by atoms with Crippen LogP contribution in [0.1, 0.15) is 25.0 Å². The lowest BCUT2D eigenvalue weighted by molar-refractivity contribution is 0.661. The van der Waals surface area contributed by atoms with Crippen LogP contribution in [0.5, 0.6) is 0 Å². The second-order valence-corrected chi connectivity index (χ2v) is 13.7. The van der Waals surface area contributed by atoms with Crippen molar-refractivity contribution in [2.24, 2.45) is 0 Å². The van der Waals surface area contributed by atoms with Crippen LogP contribution in [0.25, 0.3) is 93.2 Å². The van der Waals surface area contributed by atoms with E-state index in [1.807, 2.05) is 0 Å². The van der Waals surface area contributed by atoms with Gasteiger partial charge in [0.25, 0.3) is 0 Å². The highest BCUT2D eigenvalue weighted by Gasteiger charge is 2.36. The number of aromatic nitrogens is 1. The molecule has 220 valence electrons. The van der Waals surface area contributed by atoms with E-state index in [-0.39, 0.29) is 5.41 Å². The second kappa shape index (κ2) is 8.69. The van der Waals surface area contributed by atoms with E-state index >= 15 is 0 Å². The summed E-state index contributed by atoms with van der Waals surface area (Å²) < 4.78 is 9.13. The summed E-state index contributed by atoms with van der Waals surface area (Å²) in [5, 5.41) is 9.93. The zero-order valence-corrected chi connectivity index (χ0v) is 26.1. The van der Waals surface area contributed by atoms with Crippen molar-refractivity contribution in [3.63, 3.8) is 0 Å². The first-order chi connectivity index (χ1) is 23.1. The predicted octanol–water partition coefficient (Wildman–Crippen LogP) is 12.4. The number of benzene rings is 8. The van der Waals surface area contributed by atoms with Crippen LogP contribution in [0.3, 0.4) is 0 Å². The molecule has 47 heavy (non-hydrogen) atoms. The van der Waals surface area contributed by atoms with Crippen molar-refractivity contribution in [2.75, 3.05) is 0 Å². The van der Waals surface area contributed by atoms with Crippen molar-refractivity contribution in [3.8, 4) is 27.9 Å². The normalized spacial score (nSPS) is 13.9. The third-order valence-corrected chi connectivity index (χ3v) is 10.9. The molecule has 2 nitrogen and oxygen atoms in total. The Hall–Kier alpha value is -5.86. The molecule has 2 heterocycles. The van der Waals surface area contributed by atoms with Gasteiger partial charge in [-0.1, -0.05) is 111 Å². The van der Waals surface area contributed by atoms with Gasteiger partial charge in [0.05, 0.1) is 16.7 Å². The van der Waals surface area contributed by atoms with Gasteiger partial charge in [-0.3, -0.25) is 0 Å². The first-order valence-corrected chi connectivity index (χ1v) is 16.4. The maximum absolute atomic E-state index is 6.62. The van der Waals surface area contributed by atoms with Crippen LogP contribution in [0.15, 0.2) is 144 Å². The minimum Gasteiger partial charge on any atom is -0.456 e. The highest BCUT2D eigenvalue weighted by molar-refractivity contribution is 6.35. The first kappa shape index (κ1) is 25.3. The van der Waals surface area contributed by atoms with E-state index < -0.39 is 0 Å². The zero-order valence-electron chi connectivity index (χ0n) is 26.1. The molecule has 0 atom stereocenters. The predicted molar refractivity (Wildman–Crippen MR) is 197 cm³/mol. The molecule has 0 fully saturated rings. The molecule has 1 aliphatic carbocycles. The monoisotopic (exact) mass is 599 g/mol. The summed E-state index contributed by atoms with van der Waals surface area (Å²) in [7, 11) is 0. The van der Waals surface area contributed by atoms with Gasteiger partial charge >= 0.3 is 0 Å². The fourth-order valence-corrected chi connectivity index (χ4v) is 8.82. The topological polar surface area (TPSA) is 18.1 Å². The maximum Gasteiger partial charge on any atom is 0.136 e. The van der Waals surface area contributed by atoms with Crippen molar-refractivity contribution >= 4 is 65.3 Å². The molecule has 10 aromatic rings. The molecule has 0 unspecified atom stereocenters. The lowest BCUT2D eigenvalue weighted by atomic mass is 9.82. The lowest BCUT2D eigenvalue weighted by Crippen LogP contribution is -2.15. The van der Waals surface area contributed by atoms with Crippen LogP contribution in [0.2, 0.25) is 0 Å². The van der Waals surface area contributed by atoms with Crippen LogP contribution in [0, 0.1) is 0 Å². The number of rotatable bonds is 2. The fourth-order valence-electron chi connectivity index (χ4n) is 8.82. The zero-order chi connectivity index (χ0) is 31.0. The third-order valence-electron chi connectivity index (χ3n) is 10.9. The summed E-state index contributed by atoms with van der Waals surface area (Å²) >= 11 is 0. The lowest BCUT2D eigenvalue weighted by Gasteiger charge is -2.22. The SMILES string of the molecule is CC1(C)c2ccccc2-c2cc3c4ccccc4n(-c4cccc5c6cc(-c7ccccc7)cc7oc8cccc(c45)c8c76)c3cc21. The number of fused-ring (bicyclic) bond motifs is 9. The van der Waals surface area contributed by atoms with Crippen molar-refractivity contribution in [1.82, 2.24) is 4.57 Å². The molecule has 1 aliphatic rings. The minimum absolute atomic E-state index is 0.0850. The van der Waals surface area contributed by atoms with Gasteiger partial charge in [-0.25, -0.2) is 0 Å². The largest absolute Gasteiger partial charge is 0.456 e.